The van der Waals surface area contributed by atoms with Gasteiger partial charge in [-0.25, -0.2) is 0 Å². The molecule has 4 aliphatic rings. The van der Waals surface area contributed by atoms with E-state index in [2.05, 4.69) is 36.5 Å². The van der Waals surface area contributed by atoms with Crippen LogP contribution in [-0.2, 0) is 13.7 Å². The molecule has 4 rings (SSSR count). The van der Waals surface area contributed by atoms with Crippen molar-refractivity contribution in [1.82, 2.24) is 0 Å². The van der Waals surface area contributed by atoms with Crippen molar-refractivity contribution in [2.24, 2.45) is 0 Å². The Morgan fingerprint density at radius 1 is 0.429 bits per heavy atom. The van der Waals surface area contributed by atoms with Crippen molar-refractivity contribution < 1.29 is 13.7 Å². The molecule has 0 unspecified atom stereocenters. The van der Waals surface area contributed by atoms with Gasteiger partial charge in [-0.1, -0.05) is 72.9 Å². The number of hydrogen-bond acceptors (Lipinski definition) is 3. The van der Waals surface area contributed by atoms with Gasteiger partial charge in [0, 0.05) is 17.5 Å². The quantitative estimate of drug-likeness (QED) is 0.741. The molecule has 1 fully saturated rings. The zero-order valence-electron chi connectivity index (χ0n) is 11.6. The van der Waals surface area contributed by atoms with Crippen LogP contribution >= 0.6 is 0 Å². The highest BCUT2D eigenvalue weighted by Crippen LogP contribution is 2.34. The minimum atomic E-state index is -0.298. The van der Waals surface area contributed by atoms with E-state index in [1.807, 2.05) is 36.5 Å². The van der Waals surface area contributed by atoms with E-state index in [4.69, 9.17) is 13.7 Å². The van der Waals surface area contributed by atoms with Crippen molar-refractivity contribution >= 4 is 21.4 Å². The standard InChI is InChI=1S/C15H15B3O3/c1-2-8-13(7-1)16-19-17(14-9-3-4-10-14)21-18(20-16)15-11-5-6-12-15/h1-15H. The molecule has 0 aromatic rings. The molecule has 21 heavy (non-hydrogen) atoms. The SMILES string of the molecule is C1=CC(B2OB(C3C=CC=C3)OB(C3C=CC=C3)O2)C=C1. The molecule has 0 N–H and O–H groups in total. The monoisotopic (exact) mass is 276 g/mol. The maximum atomic E-state index is 6.05. The van der Waals surface area contributed by atoms with Gasteiger partial charge in [-0.15, -0.1) is 0 Å². The fourth-order valence-corrected chi connectivity index (χ4v) is 2.93. The molecule has 1 saturated heterocycles. The van der Waals surface area contributed by atoms with Crippen LogP contribution in [0.25, 0.3) is 0 Å². The summed E-state index contributed by atoms with van der Waals surface area (Å²) in [6.07, 6.45) is 24.8. The van der Waals surface area contributed by atoms with E-state index >= 15 is 0 Å². The second-order valence-corrected chi connectivity index (χ2v) is 5.55. The van der Waals surface area contributed by atoms with Crippen LogP contribution in [0.4, 0.5) is 0 Å². The van der Waals surface area contributed by atoms with Crippen LogP contribution in [0.15, 0.2) is 72.9 Å². The van der Waals surface area contributed by atoms with Crippen LogP contribution in [0.1, 0.15) is 0 Å². The van der Waals surface area contributed by atoms with Gasteiger partial charge < -0.3 is 13.7 Å². The molecule has 1 heterocycles. The van der Waals surface area contributed by atoms with Crippen LogP contribution in [0, 0.1) is 0 Å². The molecule has 3 nitrogen and oxygen atoms in total. The van der Waals surface area contributed by atoms with Crippen molar-refractivity contribution in [1.29, 1.82) is 0 Å². The third kappa shape index (κ3) is 2.67. The summed E-state index contributed by atoms with van der Waals surface area (Å²) in [7, 11) is -0.893. The molecule has 0 aromatic carbocycles. The lowest BCUT2D eigenvalue weighted by Gasteiger charge is -2.35. The zero-order valence-corrected chi connectivity index (χ0v) is 11.6. The summed E-state index contributed by atoms with van der Waals surface area (Å²) in [5.74, 6) is 0.466. The molecule has 0 saturated carbocycles. The highest BCUT2D eigenvalue weighted by molar-refractivity contribution is 6.76. The van der Waals surface area contributed by atoms with Crippen LogP contribution in [0.2, 0.25) is 17.5 Å². The Balaban J connectivity index is 1.54. The molecule has 3 aliphatic carbocycles. The molecule has 0 bridgehead atoms. The van der Waals surface area contributed by atoms with E-state index in [1.165, 1.54) is 0 Å². The van der Waals surface area contributed by atoms with Crippen LogP contribution in [-0.4, -0.2) is 21.4 Å². The van der Waals surface area contributed by atoms with E-state index in [0.29, 0.717) is 0 Å². The van der Waals surface area contributed by atoms with Crippen LogP contribution in [0.3, 0.4) is 0 Å². The average molecular weight is 276 g/mol. The van der Waals surface area contributed by atoms with Gasteiger partial charge in [-0.05, 0) is 0 Å². The van der Waals surface area contributed by atoms with Gasteiger partial charge in [0.1, 0.15) is 0 Å². The molecule has 1 aliphatic heterocycles. The maximum absolute atomic E-state index is 6.05. The molecule has 0 radical (unpaired) electrons. The molecular weight excluding hydrogens is 261 g/mol. The highest BCUT2D eigenvalue weighted by Gasteiger charge is 2.48. The smallest absolute Gasteiger partial charge is 0.441 e. The first kappa shape index (κ1) is 13.2. The first-order valence-corrected chi connectivity index (χ1v) is 7.41. The van der Waals surface area contributed by atoms with Gasteiger partial charge in [-0.3, -0.25) is 0 Å². The molecule has 6 heteroatoms. The lowest BCUT2D eigenvalue weighted by atomic mass is 9.56. The summed E-state index contributed by atoms with van der Waals surface area (Å²) in [6, 6.07) is 0. The highest BCUT2D eigenvalue weighted by atomic mass is 16.7. The van der Waals surface area contributed by atoms with Crippen LogP contribution in [0.5, 0.6) is 0 Å². The van der Waals surface area contributed by atoms with Gasteiger partial charge in [-0.2, -0.15) is 0 Å². The molecule has 102 valence electrons. The lowest BCUT2D eigenvalue weighted by Crippen LogP contribution is -2.52. The summed E-state index contributed by atoms with van der Waals surface area (Å²) < 4.78 is 18.1. The third-order valence-corrected chi connectivity index (χ3v) is 4.08. The van der Waals surface area contributed by atoms with E-state index in [9.17, 15) is 0 Å². The summed E-state index contributed by atoms with van der Waals surface area (Å²) in [4.78, 5) is 0. The van der Waals surface area contributed by atoms with E-state index in [1.54, 1.807) is 0 Å². The van der Waals surface area contributed by atoms with Crippen molar-refractivity contribution in [2.45, 2.75) is 17.5 Å². The van der Waals surface area contributed by atoms with E-state index in [-0.39, 0.29) is 38.8 Å². The zero-order chi connectivity index (χ0) is 14.1. The minimum Gasteiger partial charge on any atom is -0.451 e. The molecular formula is C15H15B3O3. The lowest BCUT2D eigenvalue weighted by molar-refractivity contribution is 0.274. The fraction of sp³-hybridized carbons (Fsp3) is 0.200. The van der Waals surface area contributed by atoms with Gasteiger partial charge in [0.15, 0.2) is 0 Å². The number of allylic oxidation sites excluding steroid dienone is 12. The van der Waals surface area contributed by atoms with Crippen molar-refractivity contribution in [3.63, 3.8) is 0 Å². The first-order valence-electron chi connectivity index (χ1n) is 7.41. The second-order valence-electron chi connectivity index (χ2n) is 5.55. The van der Waals surface area contributed by atoms with Gasteiger partial charge >= 0.3 is 21.4 Å². The Morgan fingerprint density at radius 3 is 0.905 bits per heavy atom. The molecule has 0 amide bonds. The Kier molecular flexibility index (Phi) is 3.59. The normalized spacial score (nSPS) is 25.4. The fourth-order valence-electron chi connectivity index (χ4n) is 2.93. The first-order chi connectivity index (χ1) is 10.4. The van der Waals surface area contributed by atoms with E-state index < -0.39 is 0 Å². The minimum absolute atomic E-state index is 0.155. The Morgan fingerprint density at radius 2 is 0.667 bits per heavy atom. The molecule has 0 spiro atoms. The summed E-state index contributed by atoms with van der Waals surface area (Å²) in [5, 5.41) is 0. The van der Waals surface area contributed by atoms with Crippen LogP contribution < -0.4 is 0 Å². The number of hydrogen-bond donors (Lipinski definition) is 0. The Labute approximate surface area is 126 Å². The predicted molar refractivity (Wildman–Crippen MR) is 86.6 cm³/mol. The second kappa shape index (κ2) is 5.72. The topological polar surface area (TPSA) is 27.7 Å². The van der Waals surface area contributed by atoms with Gasteiger partial charge in [0.2, 0.25) is 0 Å². The van der Waals surface area contributed by atoms with Crippen molar-refractivity contribution in [3.05, 3.63) is 72.9 Å². The Hall–Kier alpha value is -1.49. The van der Waals surface area contributed by atoms with Gasteiger partial charge in [0.25, 0.3) is 0 Å². The molecule has 0 atom stereocenters. The van der Waals surface area contributed by atoms with Crippen molar-refractivity contribution in [3.8, 4) is 0 Å². The summed E-state index contributed by atoms with van der Waals surface area (Å²) >= 11 is 0. The maximum Gasteiger partial charge on any atom is 0.441 e. The third-order valence-electron chi connectivity index (χ3n) is 4.08. The summed E-state index contributed by atoms with van der Waals surface area (Å²) in [6.45, 7) is 0. The largest absolute Gasteiger partial charge is 0.451 e. The molecule has 0 aromatic heterocycles. The van der Waals surface area contributed by atoms with Crippen molar-refractivity contribution in [2.75, 3.05) is 0 Å². The predicted octanol–water partition coefficient (Wildman–Crippen LogP) is 3.00. The Bertz CT molecular complexity index is 456. The summed E-state index contributed by atoms with van der Waals surface area (Å²) in [5.41, 5.74) is 0. The average Bonchev–Trinajstić information content (AvgIpc) is 3.29. The van der Waals surface area contributed by atoms with E-state index in [0.717, 1.165) is 0 Å². The van der Waals surface area contributed by atoms with Gasteiger partial charge in [0.05, 0.1) is 0 Å². The number of rotatable bonds is 3.